The molecule has 1 aromatic heterocycles. The van der Waals surface area contributed by atoms with Gasteiger partial charge in [0.2, 0.25) is 0 Å². The lowest BCUT2D eigenvalue weighted by Crippen LogP contribution is -2.27. The van der Waals surface area contributed by atoms with Crippen LogP contribution in [0.3, 0.4) is 0 Å². The molecule has 1 amide bonds. The van der Waals surface area contributed by atoms with Crippen LogP contribution in [0.5, 0.6) is 0 Å². The second-order valence-electron chi connectivity index (χ2n) is 5.53. The van der Waals surface area contributed by atoms with Gasteiger partial charge in [0, 0.05) is 25.5 Å². The van der Waals surface area contributed by atoms with Crippen LogP contribution in [0.2, 0.25) is 0 Å². The Morgan fingerprint density at radius 1 is 1.18 bits per heavy atom. The summed E-state index contributed by atoms with van der Waals surface area (Å²) in [7, 11) is 1.83. The minimum absolute atomic E-state index is 0.00788. The van der Waals surface area contributed by atoms with E-state index >= 15 is 0 Å². The fraction of sp³-hybridized carbons (Fsp3) is 0.333. The van der Waals surface area contributed by atoms with E-state index in [0.717, 1.165) is 30.8 Å². The van der Waals surface area contributed by atoms with E-state index in [-0.39, 0.29) is 5.91 Å². The number of carbonyl (C=O) groups excluding carboxylic acids is 1. The van der Waals surface area contributed by atoms with Gasteiger partial charge in [-0.2, -0.15) is 0 Å². The summed E-state index contributed by atoms with van der Waals surface area (Å²) in [4.78, 5) is 18.3. The fourth-order valence-corrected chi connectivity index (χ4v) is 2.15. The van der Waals surface area contributed by atoms with Gasteiger partial charge in [0.25, 0.3) is 5.91 Å². The molecule has 0 bridgehead atoms. The Hall–Kier alpha value is -2.36. The van der Waals surface area contributed by atoms with Crippen molar-refractivity contribution in [3.05, 3.63) is 53.9 Å². The van der Waals surface area contributed by atoms with E-state index in [1.165, 1.54) is 5.56 Å². The number of amides is 1. The maximum absolute atomic E-state index is 12.4. The van der Waals surface area contributed by atoms with E-state index in [1.54, 1.807) is 17.3 Å². The lowest BCUT2D eigenvalue weighted by Gasteiger charge is -2.17. The Kier molecular flexibility index (Phi) is 5.53. The molecule has 1 N–H and O–H groups in total. The smallest absolute Gasteiger partial charge is 0.255 e. The number of benzene rings is 1. The van der Waals surface area contributed by atoms with Gasteiger partial charge in [0.15, 0.2) is 0 Å². The molecule has 0 saturated carbocycles. The summed E-state index contributed by atoms with van der Waals surface area (Å²) in [5, 5.41) is 3.28. The Morgan fingerprint density at radius 3 is 2.59 bits per heavy atom. The molecule has 0 unspecified atom stereocenters. The lowest BCUT2D eigenvalue weighted by molar-refractivity contribution is 0.0793. The first-order valence-electron chi connectivity index (χ1n) is 7.64. The molecule has 0 saturated heterocycles. The number of hydrogen-bond acceptors (Lipinski definition) is 3. The van der Waals surface area contributed by atoms with Crippen LogP contribution < -0.4 is 5.32 Å². The first kappa shape index (κ1) is 16.0. The van der Waals surface area contributed by atoms with Crippen LogP contribution >= 0.6 is 0 Å². The quantitative estimate of drug-likeness (QED) is 0.876. The van der Waals surface area contributed by atoms with E-state index in [1.807, 2.05) is 37.4 Å². The molecule has 2 rings (SSSR count). The Bertz CT molecular complexity index is 622. The minimum Gasteiger partial charge on any atom is -0.354 e. The van der Waals surface area contributed by atoms with Crippen LogP contribution in [0.15, 0.2) is 42.7 Å². The van der Waals surface area contributed by atoms with Gasteiger partial charge < -0.3 is 10.2 Å². The van der Waals surface area contributed by atoms with Gasteiger partial charge in [-0.15, -0.1) is 0 Å². The Balaban J connectivity index is 2.09. The molecule has 0 fully saturated rings. The van der Waals surface area contributed by atoms with Gasteiger partial charge in [0.1, 0.15) is 0 Å². The average molecular weight is 297 g/mol. The molecule has 0 radical (unpaired) electrons. The monoisotopic (exact) mass is 297 g/mol. The number of unbranched alkanes of at least 4 members (excludes halogenated alkanes) is 1. The van der Waals surface area contributed by atoms with E-state index in [4.69, 9.17) is 0 Å². The number of hydrogen-bond donors (Lipinski definition) is 1. The number of carbonyl (C=O) groups is 1. The molecule has 1 heterocycles. The molecule has 0 aliphatic heterocycles. The SMILES string of the molecule is CCCCN(C)C(=O)c1cncc(Nc2ccc(C)cc2)c1. The third-order valence-electron chi connectivity index (χ3n) is 3.52. The second kappa shape index (κ2) is 7.59. The summed E-state index contributed by atoms with van der Waals surface area (Å²) >= 11 is 0. The average Bonchev–Trinajstić information content (AvgIpc) is 2.54. The molecule has 4 nitrogen and oxygen atoms in total. The zero-order valence-corrected chi connectivity index (χ0v) is 13.5. The molecule has 22 heavy (non-hydrogen) atoms. The highest BCUT2D eigenvalue weighted by atomic mass is 16.2. The summed E-state index contributed by atoms with van der Waals surface area (Å²) in [6.07, 6.45) is 5.43. The molecule has 0 aliphatic rings. The predicted octanol–water partition coefficient (Wildman–Crippen LogP) is 4.01. The van der Waals surface area contributed by atoms with Crippen molar-refractivity contribution in [2.24, 2.45) is 0 Å². The summed E-state index contributed by atoms with van der Waals surface area (Å²) in [5.41, 5.74) is 3.62. The molecule has 0 aliphatic carbocycles. The third-order valence-corrected chi connectivity index (χ3v) is 3.52. The van der Waals surface area contributed by atoms with Gasteiger partial charge in [-0.1, -0.05) is 31.0 Å². The number of aryl methyl sites for hydroxylation is 1. The second-order valence-corrected chi connectivity index (χ2v) is 5.53. The van der Waals surface area contributed by atoms with E-state index in [9.17, 15) is 4.79 Å². The van der Waals surface area contributed by atoms with E-state index in [2.05, 4.69) is 24.1 Å². The predicted molar refractivity (Wildman–Crippen MR) is 90.6 cm³/mol. The zero-order chi connectivity index (χ0) is 15.9. The van der Waals surface area contributed by atoms with E-state index in [0.29, 0.717) is 5.56 Å². The van der Waals surface area contributed by atoms with Crippen molar-refractivity contribution in [1.82, 2.24) is 9.88 Å². The Morgan fingerprint density at radius 2 is 1.91 bits per heavy atom. The number of nitrogens with one attached hydrogen (secondary N) is 1. The van der Waals surface area contributed by atoms with Gasteiger partial charge in [-0.05, 0) is 31.5 Å². The molecule has 4 heteroatoms. The number of pyridine rings is 1. The highest BCUT2D eigenvalue weighted by Crippen LogP contribution is 2.17. The first-order valence-corrected chi connectivity index (χ1v) is 7.64. The van der Waals surface area contributed by atoms with Crippen LogP contribution in [-0.4, -0.2) is 29.4 Å². The van der Waals surface area contributed by atoms with Crippen molar-refractivity contribution >= 4 is 17.3 Å². The maximum atomic E-state index is 12.4. The number of nitrogens with zero attached hydrogens (tertiary/aromatic N) is 2. The van der Waals surface area contributed by atoms with Gasteiger partial charge in [-0.25, -0.2) is 0 Å². The fourth-order valence-electron chi connectivity index (χ4n) is 2.15. The molecular formula is C18H23N3O. The summed E-state index contributed by atoms with van der Waals surface area (Å²) < 4.78 is 0. The number of anilines is 2. The van der Waals surface area contributed by atoms with Crippen LogP contribution in [0.1, 0.15) is 35.7 Å². The molecule has 1 aromatic carbocycles. The van der Waals surface area contributed by atoms with Crippen LogP contribution in [-0.2, 0) is 0 Å². The highest BCUT2D eigenvalue weighted by Gasteiger charge is 2.12. The van der Waals surface area contributed by atoms with Crippen molar-refractivity contribution in [3.8, 4) is 0 Å². The standard InChI is InChI=1S/C18H23N3O/c1-4-5-10-21(3)18(22)15-11-17(13-19-12-15)20-16-8-6-14(2)7-9-16/h6-9,11-13,20H,4-5,10H2,1-3H3. The molecule has 0 atom stereocenters. The van der Waals surface area contributed by atoms with Crippen LogP contribution in [0.4, 0.5) is 11.4 Å². The van der Waals surface area contributed by atoms with Crippen molar-refractivity contribution in [1.29, 1.82) is 0 Å². The van der Waals surface area contributed by atoms with Gasteiger partial charge in [-0.3, -0.25) is 9.78 Å². The van der Waals surface area contributed by atoms with Crippen molar-refractivity contribution in [3.63, 3.8) is 0 Å². The summed E-state index contributed by atoms with van der Waals surface area (Å²) in [6, 6.07) is 9.96. The number of rotatable bonds is 6. The Labute approximate surface area is 132 Å². The largest absolute Gasteiger partial charge is 0.354 e. The number of aromatic nitrogens is 1. The molecule has 2 aromatic rings. The maximum Gasteiger partial charge on any atom is 0.255 e. The third kappa shape index (κ3) is 4.32. The summed E-state index contributed by atoms with van der Waals surface area (Å²) in [6.45, 7) is 4.94. The molecule has 116 valence electrons. The topological polar surface area (TPSA) is 45.2 Å². The minimum atomic E-state index is 0.00788. The van der Waals surface area contributed by atoms with E-state index < -0.39 is 0 Å². The van der Waals surface area contributed by atoms with Gasteiger partial charge in [0.05, 0.1) is 17.4 Å². The van der Waals surface area contributed by atoms with Crippen LogP contribution in [0, 0.1) is 6.92 Å². The van der Waals surface area contributed by atoms with Crippen LogP contribution in [0.25, 0.3) is 0 Å². The molecular weight excluding hydrogens is 274 g/mol. The molecule has 0 spiro atoms. The zero-order valence-electron chi connectivity index (χ0n) is 13.5. The lowest BCUT2D eigenvalue weighted by atomic mass is 10.2. The summed E-state index contributed by atoms with van der Waals surface area (Å²) in [5.74, 6) is 0.00788. The van der Waals surface area contributed by atoms with Crippen molar-refractivity contribution in [2.45, 2.75) is 26.7 Å². The van der Waals surface area contributed by atoms with Gasteiger partial charge >= 0.3 is 0 Å². The normalized spacial score (nSPS) is 10.3. The first-order chi connectivity index (χ1) is 10.6. The highest BCUT2D eigenvalue weighted by molar-refractivity contribution is 5.94. The van der Waals surface area contributed by atoms with Crippen molar-refractivity contribution in [2.75, 3.05) is 18.9 Å². The van der Waals surface area contributed by atoms with Crippen molar-refractivity contribution < 1.29 is 4.79 Å².